The fourth-order valence-electron chi connectivity index (χ4n) is 2.19. The third-order valence-electron chi connectivity index (χ3n) is 3.28. The lowest BCUT2D eigenvalue weighted by atomic mass is 9.89. The van der Waals surface area contributed by atoms with E-state index in [4.69, 9.17) is 0 Å². The van der Waals surface area contributed by atoms with Gasteiger partial charge < -0.3 is 10.4 Å². The van der Waals surface area contributed by atoms with Gasteiger partial charge in [0, 0.05) is 6.54 Å². The van der Waals surface area contributed by atoms with Crippen LogP contribution in [0.2, 0.25) is 0 Å². The second kappa shape index (κ2) is 4.63. The van der Waals surface area contributed by atoms with Gasteiger partial charge in [0.05, 0.1) is 5.60 Å². The summed E-state index contributed by atoms with van der Waals surface area (Å²) in [6.07, 6.45) is 6.35. The molecule has 0 spiro atoms. The monoisotopic (exact) mass is 199 g/mol. The first kappa shape index (κ1) is 12.0. The maximum Gasteiger partial charge on any atom is 0.0603 e. The van der Waals surface area contributed by atoms with Gasteiger partial charge in [0.2, 0.25) is 0 Å². The lowest BCUT2D eigenvalue weighted by Gasteiger charge is -2.25. The van der Waals surface area contributed by atoms with Crippen molar-refractivity contribution in [2.24, 2.45) is 5.41 Å². The summed E-state index contributed by atoms with van der Waals surface area (Å²) in [5.74, 6) is 0. The molecule has 2 nitrogen and oxygen atoms in total. The van der Waals surface area contributed by atoms with Crippen molar-refractivity contribution in [3.05, 3.63) is 0 Å². The maximum absolute atomic E-state index is 9.53. The molecule has 84 valence electrons. The minimum atomic E-state index is -0.524. The Balaban J connectivity index is 2.09. The Labute approximate surface area is 88.1 Å². The van der Waals surface area contributed by atoms with Crippen LogP contribution >= 0.6 is 0 Å². The second-order valence-electron chi connectivity index (χ2n) is 5.76. The van der Waals surface area contributed by atoms with Crippen molar-refractivity contribution in [1.29, 1.82) is 0 Å². The normalized spacial score (nSPS) is 21.4. The van der Waals surface area contributed by atoms with Gasteiger partial charge in [-0.3, -0.25) is 0 Å². The number of rotatable bonds is 5. The molecular weight excluding hydrogens is 174 g/mol. The lowest BCUT2D eigenvalue weighted by Crippen LogP contribution is -2.33. The van der Waals surface area contributed by atoms with E-state index in [1.54, 1.807) is 0 Å². The Bertz CT molecular complexity index is 166. The average Bonchev–Trinajstić information content (AvgIpc) is 2.45. The van der Waals surface area contributed by atoms with Gasteiger partial charge in [-0.2, -0.15) is 0 Å². The number of hydrogen-bond acceptors (Lipinski definition) is 2. The second-order valence-corrected chi connectivity index (χ2v) is 5.76. The summed E-state index contributed by atoms with van der Waals surface area (Å²) in [5, 5.41) is 13.0. The van der Waals surface area contributed by atoms with E-state index in [0.29, 0.717) is 5.41 Å². The van der Waals surface area contributed by atoms with E-state index in [2.05, 4.69) is 12.2 Å². The zero-order chi connectivity index (χ0) is 10.7. The quantitative estimate of drug-likeness (QED) is 0.666. The molecule has 1 aliphatic carbocycles. The van der Waals surface area contributed by atoms with Crippen LogP contribution in [0.25, 0.3) is 0 Å². The molecule has 2 heteroatoms. The molecule has 0 saturated heterocycles. The molecule has 14 heavy (non-hydrogen) atoms. The molecule has 1 fully saturated rings. The highest BCUT2D eigenvalue weighted by molar-refractivity contribution is 4.82. The van der Waals surface area contributed by atoms with Gasteiger partial charge in [-0.15, -0.1) is 0 Å². The molecule has 0 amide bonds. The molecule has 1 rings (SSSR count). The van der Waals surface area contributed by atoms with Crippen LogP contribution in [0.3, 0.4) is 0 Å². The van der Waals surface area contributed by atoms with Crippen LogP contribution in [0.5, 0.6) is 0 Å². The first-order valence-electron chi connectivity index (χ1n) is 5.84. The predicted molar refractivity (Wildman–Crippen MR) is 60.4 cm³/mol. The third-order valence-corrected chi connectivity index (χ3v) is 3.28. The van der Waals surface area contributed by atoms with E-state index in [1.807, 2.05) is 13.8 Å². The minimum absolute atomic E-state index is 0.524. The molecule has 0 aromatic carbocycles. The van der Waals surface area contributed by atoms with Crippen LogP contribution in [-0.2, 0) is 0 Å². The standard InChI is InChI=1S/C12H25NO/c1-11(2,14)8-9-13-10-12(3)6-4-5-7-12/h13-14H,4-10H2,1-3H3. The van der Waals surface area contributed by atoms with Crippen LogP contribution in [-0.4, -0.2) is 23.8 Å². The van der Waals surface area contributed by atoms with Gasteiger partial charge >= 0.3 is 0 Å². The van der Waals surface area contributed by atoms with Gasteiger partial charge in [0.1, 0.15) is 0 Å². The van der Waals surface area contributed by atoms with Crippen LogP contribution in [0, 0.1) is 5.41 Å². The van der Waals surface area contributed by atoms with E-state index in [-0.39, 0.29) is 0 Å². The SMILES string of the molecule is CC(C)(O)CCNCC1(C)CCCC1. The lowest BCUT2D eigenvalue weighted by molar-refractivity contribution is 0.0703. The summed E-state index contributed by atoms with van der Waals surface area (Å²) in [7, 11) is 0. The molecule has 0 atom stereocenters. The number of nitrogens with one attached hydrogen (secondary N) is 1. The average molecular weight is 199 g/mol. The van der Waals surface area contributed by atoms with Gasteiger partial charge in [0.15, 0.2) is 0 Å². The molecule has 0 radical (unpaired) electrons. The van der Waals surface area contributed by atoms with Gasteiger partial charge in [-0.25, -0.2) is 0 Å². The van der Waals surface area contributed by atoms with Crippen molar-refractivity contribution in [1.82, 2.24) is 5.32 Å². The summed E-state index contributed by atoms with van der Waals surface area (Å²) >= 11 is 0. The van der Waals surface area contributed by atoms with Crippen molar-refractivity contribution in [2.75, 3.05) is 13.1 Å². The minimum Gasteiger partial charge on any atom is -0.390 e. The van der Waals surface area contributed by atoms with Crippen LogP contribution in [0.1, 0.15) is 52.9 Å². The molecule has 0 aliphatic heterocycles. The zero-order valence-electron chi connectivity index (χ0n) is 9.90. The van der Waals surface area contributed by atoms with Crippen molar-refractivity contribution in [2.45, 2.75) is 58.5 Å². The highest BCUT2D eigenvalue weighted by atomic mass is 16.3. The highest BCUT2D eigenvalue weighted by Crippen LogP contribution is 2.36. The van der Waals surface area contributed by atoms with E-state index in [1.165, 1.54) is 25.7 Å². The van der Waals surface area contributed by atoms with Crippen molar-refractivity contribution in [3.63, 3.8) is 0 Å². The fraction of sp³-hybridized carbons (Fsp3) is 1.00. The Morgan fingerprint density at radius 3 is 2.36 bits per heavy atom. The van der Waals surface area contributed by atoms with E-state index in [0.717, 1.165) is 19.5 Å². The van der Waals surface area contributed by atoms with Crippen LogP contribution in [0.15, 0.2) is 0 Å². The summed E-state index contributed by atoms with van der Waals surface area (Å²) in [4.78, 5) is 0. The van der Waals surface area contributed by atoms with Crippen LogP contribution < -0.4 is 5.32 Å². The maximum atomic E-state index is 9.53. The van der Waals surface area contributed by atoms with Crippen molar-refractivity contribution >= 4 is 0 Å². The van der Waals surface area contributed by atoms with Crippen molar-refractivity contribution < 1.29 is 5.11 Å². The van der Waals surface area contributed by atoms with Gasteiger partial charge in [0.25, 0.3) is 0 Å². The van der Waals surface area contributed by atoms with Gasteiger partial charge in [-0.1, -0.05) is 19.8 Å². The summed E-state index contributed by atoms with van der Waals surface area (Å²) in [6.45, 7) is 8.15. The molecule has 0 heterocycles. The molecule has 1 aliphatic rings. The van der Waals surface area contributed by atoms with E-state index >= 15 is 0 Å². The topological polar surface area (TPSA) is 32.3 Å². The Morgan fingerprint density at radius 2 is 1.86 bits per heavy atom. The van der Waals surface area contributed by atoms with Gasteiger partial charge in [-0.05, 0) is 45.1 Å². The summed E-state index contributed by atoms with van der Waals surface area (Å²) in [6, 6.07) is 0. The fourth-order valence-corrected chi connectivity index (χ4v) is 2.19. The van der Waals surface area contributed by atoms with E-state index in [9.17, 15) is 5.11 Å². The largest absolute Gasteiger partial charge is 0.390 e. The molecular formula is C12H25NO. The predicted octanol–water partition coefficient (Wildman–Crippen LogP) is 2.32. The summed E-state index contributed by atoms with van der Waals surface area (Å²) in [5.41, 5.74) is 0.00315. The highest BCUT2D eigenvalue weighted by Gasteiger charge is 2.27. The first-order valence-corrected chi connectivity index (χ1v) is 5.84. The smallest absolute Gasteiger partial charge is 0.0603 e. The van der Waals surface area contributed by atoms with E-state index < -0.39 is 5.60 Å². The molecule has 1 saturated carbocycles. The summed E-state index contributed by atoms with van der Waals surface area (Å²) < 4.78 is 0. The number of hydrogen-bond donors (Lipinski definition) is 2. The zero-order valence-corrected chi connectivity index (χ0v) is 9.90. The Hall–Kier alpha value is -0.0800. The molecule has 2 N–H and O–H groups in total. The Morgan fingerprint density at radius 1 is 1.29 bits per heavy atom. The van der Waals surface area contributed by atoms with Crippen molar-refractivity contribution in [3.8, 4) is 0 Å². The Kier molecular flexibility index (Phi) is 3.96. The molecule has 0 aromatic rings. The van der Waals surface area contributed by atoms with Crippen LogP contribution in [0.4, 0.5) is 0 Å². The molecule has 0 aromatic heterocycles. The number of aliphatic hydroxyl groups is 1. The molecule has 0 bridgehead atoms. The molecule has 0 unspecified atom stereocenters. The third kappa shape index (κ3) is 4.43. The first-order chi connectivity index (χ1) is 6.41.